The minimum absolute atomic E-state index is 0.0199. The van der Waals surface area contributed by atoms with Crippen molar-refractivity contribution in [1.29, 1.82) is 0 Å². The summed E-state index contributed by atoms with van der Waals surface area (Å²) in [6.07, 6.45) is 3.25. The molecule has 126 valence electrons. The maximum Gasteiger partial charge on any atom is 0.274 e. The Morgan fingerprint density at radius 1 is 1.24 bits per heavy atom. The highest BCUT2D eigenvalue weighted by Crippen LogP contribution is 2.21. The first-order chi connectivity index (χ1) is 9.68. The highest BCUT2D eigenvalue weighted by atomic mass is 32.2. The van der Waals surface area contributed by atoms with Crippen LogP contribution in [0.25, 0.3) is 0 Å². The summed E-state index contributed by atoms with van der Waals surface area (Å²) in [5.74, 6) is 0.335. The monoisotopic (exact) mass is 341 g/mol. The molecular weight excluding hydrogens is 314 g/mol. The largest absolute Gasteiger partial charge is 0.274 e. The molecule has 0 aromatic heterocycles. The molecule has 0 amide bonds. The van der Waals surface area contributed by atoms with Crippen LogP contribution in [0.5, 0.6) is 0 Å². The molecule has 21 heavy (non-hydrogen) atoms. The summed E-state index contributed by atoms with van der Waals surface area (Å²) in [6.45, 7) is 5.08. The molecule has 0 saturated carbocycles. The Morgan fingerprint density at radius 2 is 1.86 bits per heavy atom. The summed E-state index contributed by atoms with van der Waals surface area (Å²) < 4.78 is 50.4. The fourth-order valence-electron chi connectivity index (χ4n) is 2.61. The van der Waals surface area contributed by atoms with Gasteiger partial charge < -0.3 is 0 Å². The van der Waals surface area contributed by atoms with E-state index in [1.54, 1.807) is 0 Å². The van der Waals surface area contributed by atoms with Gasteiger partial charge in [-0.15, -0.1) is 0 Å². The lowest BCUT2D eigenvalue weighted by Gasteiger charge is -2.32. The molecule has 1 rings (SSSR count). The Bertz CT molecular complexity index is 515. The predicted molar refractivity (Wildman–Crippen MR) is 83.3 cm³/mol. The zero-order chi connectivity index (χ0) is 16.1. The molecule has 1 heterocycles. The van der Waals surface area contributed by atoms with E-state index in [9.17, 15) is 16.8 Å². The first kappa shape index (κ1) is 18.8. The Morgan fingerprint density at radius 3 is 2.38 bits per heavy atom. The molecule has 0 aromatic rings. The molecule has 3 N–H and O–H groups in total. The van der Waals surface area contributed by atoms with E-state index in [4.69, 9.17) is 5.14 Å². The molecule has 1 aliphatic rings. The van der Waals surface area contributed by atoms with Gasteiger partial charge in [0.15, 0.2) is 0 Å². The van der Waals surface area contributed by atoms with Gasteiger partial charge in [0.25, 0.3) is 10.2 Å². The number of sulfonamides is 1. The summed E-state index contributed by atoms with van der Waals surface area (Å²) in [7, 11) is -6.99. The molecule has 1 atom stereocenters. The lowest BCUT2D eigenvalue weighted by atomic mass is 10.0. The van der Waals surface area contributed by atoms with Gasteiger partial charge in [-0.1, -0.05) is 26.7 Å². The van der Waals surface area contributed by atoms with Crippen LogP contribution in [-0.4, -0.2) is 46.5 Å². The van der Waals surface area contributed by atoms with Gasteiger partial charge in [0.1, 0.15) is 0 Å². The first-order valence-electron chi connectivity index (χ1n) is 7.43. The molecule has 1 unspecified atom stereocenters. The van der Waals surface area contributed by atoms with Crippen molar-refractivity contribution in [1.82, 2.24) is 9.03 Å². The minimum atomic E-state index is -3.72. The van der Waals surface area contributed by atoms with Gasteiger partial charge in [0, 0.05) is 19.6 Å². The molecule has 0 radical (unpaired) electrons. The number of nitrogens with zero attached hydrogens (tertiary/aromatic N) is 1. The van der Waals surface area contributed by atoms with Crippen LogP contribution in [0.2, 0.25) is 0 Å². The second kappa shape index (κ2) is 7.87. The van der Waals surface area contributed by atoms with E-state index in [0.29, 0.717) is 13.1 Å². The predicted octanol–water partition coefficient (Wildman–Crippen LogP) is 0.258. The van der Waals surface area contributed by atoms with Crippen molar-refractivity contribution in [2.75, 3.05) is 25.4 Å². The van der Waals surface area contributed by atoms with Crippen LogP contribution in [0.4, 0.5) is 0 Å². The third-order valence-electron chi connectivity index (χ3n) is 4.05. The number of nitrogens with one attached hydrogen (secondary N) is 1. The summed E-state index contributed by atoms with van der Waals surface area (Å²) >= 11 is 0. The van der Waals surface area contributed by atoms with E-state index >= 15 is 0 Å². The minimum Gasteiger partial charge on any atom is -0.216 e. The number of hydrogen-bond donors (Lipinski definition) is 2. The first-order valence-corrected chi connectivity index (χ1v) is 10.6. The second-order valence-electron chi connectivity index (χ2n) is 5.72. The third-order valence-corrected chi connectivity index (χ3v) is 6.63. The van der Waals surface area contributed by atoms with E-state index < -0.39 is 20.2 Å². The third kappa shape index (κ3) is 6.60. The molecular formula is C12H27N3O4S2. The second-order valence-corrected chi connectivity index (χ2v) is 9.11. The van der Waals surface area contributed by atoms with E-state index in [0.717, 1.165) is 25.7 Å². The molecule has 7 nitrogen and oxygen atoms in total. The molecule has 1 saturated heterocycles. The topological polar surface area (TPSA) is 110 Å². The lowest BCUT2D eigenvalue weighted by molar-refractivity contribution is 0.265. The zero-order valence-corrected chi connectivity index (χ0v) is 14.4. The van der Waals surface area contributed by atoms with Crippen molar-refractivity contribution in [3.05, 3.63) is 0 Å². The van der Waals surface area contributed by atoms with Crippen molar-refractivity contribution in [2.45, 2.75) is 39.5 Å². The normalized spacial score (nSPS) is 21.8. The number of hydrogen-bond acceptors (Lipinski definition) is 4. The maximum absolute atomic E-state index is 12.4. The highest BCUT2D eigenvalue weighted by molar-refractivity contribution is 7.89. The molecule has 1 aliphatic heterocycles. The van der Waals surface area contributed by atoms with E-state index in [-0.39, 0.29) is 24.1 Å². The number of rotatable bonds is 8. The van der Waals surface area contributed by atoms with Crippen LogP contribution >= 0.6 is 0 Å². The van der Waals surface area contributed by atoms with Gasteiger partial charge in [0.2, 0.25) is 10.0 Å². The van der Waals surface area contributed by atoms with Gasteiger partial charge >= 0.3 is 0 Å². The van der Waals surface area contributed by atoms with Crippen molar-refractivity contribution in [3.63, 3.8) is 0 Å². The van der Waals surface area contributed by atoms with Gasteiger partial charge in [-0.05, 0) is 24.7 Å². The Hall–Kier alpha value is -0.220. The molecule has 0 spiro atoms. The zero-order valence-electron chi connectivity index (χ0n) is 12.8. The van der Waals surface area contributed by atoms with Gasteiger partial charge in [0.05, 0.1) is 5.75 Å². The summed E-state index contributed by atoms with van der Waals surface area (Å²) in [6, 6.07) is 0. The van der Waals surface area contributed by atoms with Crippen LogP contribution in [-0.2, 0) is 20.2 Å². The maximum atomic E-state index is 12.4. The van der Waals surface area contributed by atoms with Crippen molar-refractivity contribution in [3.8, 4) is 0 Å². The molecule has 9 heteroatoms. The Balaban J connectivity index is 2.62. The number of piperidine rings is 1. The van der Waals surface area contributed by atoms with Crippen molar-refractivity contribution < 1.29 is 16.8 Å². The Labute approximate surface area is 128 Å². The quantitative estimate of drug-likeness (QED) is 0.660. The van der Waals surface area contributed by atoms with E-state index in [1.165, 1.54) is 4.31 Å². The molecule has 0 aliphatic carbocycles. The smallest absolute Gasteiger partial charge is 0.216 e. The highest BCUT2D eigenvalue weighted by Gasteiger charge is 2.30. The SMILES string of the molecule is CCC(CC)CS(=O)(=O)N1CCCC(CNS(N)(=O)=O)C1. The standard InChI is InChI=1S/C12H27N3O4S2/c1-3-11(4-2)10-20(16,17)15-7-5-6-12(9-15)8-14-21(13,18)19/h11-12,14H,3-10H2,1-2H3,(H2,13,18,19). The van der Waals surface area contributed by atoms with E-state index in [2.05, 4.69) is 4.72 Å². The fraction of sp³-hybridized carbons (Fsp3) is 1.00. The van der Waals surface area contributed by atoms with Gasteiger partial charge in [-0.2, -0.15) is 8.42 Å². The number of nitrogens with two attached hydrogens (primary N) is 1. The van der Waals surface area contributed by atoms with Crippen LogP contribution in [0, 0.1) is 11.8 Å². The lowest BCUT2D eigenvalue weighted by Crippen LogP contribution is -2.45. The van der Waals surface area contributed by atoms with Crippen LogP contribution in [0.15, 0.2) is 0 Å². The summed E-state index contributed by atoms with van der Waals surface area (Å²) in [5.41, 5.74) is 0. The molecule has 0 bridgehead atoms. The average Bonchev–Trinajstić information content (AvgIpc) is 2.42. The molecule has 0 aromatic carbocycles. The van der Waals surface area contributed by atoms with Crippen LogP contribution in [0.1, 0.15) is 39.5 Å². The molecule has 1 fully saturated rings. The van der Waals surface area contributed by atoms with Crippen molar-refractivity contribution >= 4 is 20.2 Å². The average molecular weight is 341 g/mol. The van der Waals surface area contributed by atoms with Gasteiger partial charge in [-0.3, -0.25) is 0 Å². The van der Waals surface area contributed by atoms with Gasteiger partial charge in [-0.25, -0.2) is 22.6 Å². The Kier molecular flexibility index (Phi) is 7.05. The van der Waals surface area contributed by atoms with E-state index in [1.807, 2.05) is 13.8 Å². The fourth-order valence-corrected chi connectivity index (χ4v) is 5.20. The van der Waals surface area contributed by atoms with Crippen LogP contribution < -0.4 is 9.86 Å². The van der Waals surface area contributed by atoms with Crippen LogP contribution in [0.3, 0.4) is 0 Å². The van der Waals surface area contributed by atoms with Crippen molar-refractivity contribution in [2.24, 2.45) is 17.0 Å². The summed E-state index contributed by atoms with van der Waals surface area (Å²) in [5, 5.41) is 4.90. The summed E-state index contributed by atoms with van der Waals surface area (Å²) in [4.78, 5) is 0.